The highest BCUT2D eigenvalue weighted by molar-refractivity contribution is 7.80. The van der Waals surface area contributed by atoms with Crippen LogP contribution in [0, 0.1) is 0 Å². The molecule has 5 heteroatoms. The molecule has 10 heavy (non-hydrogen) atoms. The van der Waals surface area contributed by atoms with E-state index in [2.05, 4.69) is 22.9 Å². The Balaban J connectivity index is 3.65. The average Bonchev–Trinajstić information content (AvgIpc) is 1.58. The summed E-state index contributed by atoms with van der Waals surface area (Å²) in [5.41, 5.74) is 0. The first-order valence-electron chi connectivity index (χ1n) is 2.61. The van der Waals surface area contributed by atoms with E-state index >= 15 is 0 Å². The molecule has 0 bridgehead atoms. The first-order chi connectivity index (χ1) is 4.52. The van der Waals surface area contributed by atoms with Crippen LogP contribution in [0.5, 0.6) is 0 Å². The molecule has 0 aromatic carbocycles. The zero-order valence-corrected chi connectivity index (χ0v) is 6.54. The third-order valence-corrected chi connectivity index (χ3v) is 0.783. The molecule has 0 atom stereocenters. The molecule has 0 aliphatic rings. The molecule has 0 saturated heterocycles. The molecule has 0 rings (SSSR count). The number of hydrogen-bond acceptors (Lipinski definition) is 3. The predicted molar refractivity (Wildman–Crippen MR) is 40.2 cm³/mol. The lowest BCUT2D eigenvalue weighted by atomic mass is 10.6. The highest BCUT2D eigenvalue weighted by Gasteiger charge is 1.98. The highest BCUT2D eigenvalue weighted by atomic mass is 32.1. The van der Waals surface area contributed by atoms with E-state index in [0.717, 1.165) is 0 Å². The van der Waals surface area contributed by atoms with Crippen molar-refractivity contribution in [2.24, 2.45) is 0 Å². The number of amides is 2. The number of rotatable bonds is 0. The average molecular weight is 160 g/mol. The van der Waals surface area contributed by atoms with Gasteiger partial charge in [0.25, 0.3) is 0 Å². The summed E-state index contributed by atoms with van der Waals surface area (Å²) in [6, 6.07) is 0. The summed E-state index contributed by atoms with van der Waals surface area (Å²) in [6.07, 6.45) is 0. The zero-order valence-electron chi connectivity index (χ0n) is 5.72. The molecule has 0 aromatic heterocycles. The summed E-state index contributed by atoms with van der Waals surface area (Å²) in [5.74, 6) is -0.586. The van der Waals surface area contributed by atoms with Crippen LogP contribution in [0.15, 0.2) is 0 Å². The number of hydrogen-bond donors (Lipinski definition) is 2. The van der Waals surface area contributed by atoms with E-state index in [9.17, 15) is 9.59 Å². The molecule has 0 radical (unpaired) electrons. The quantitative estimate of drug-likeness (QED) is 0.472. The topological polar surface area (TPSA) is 58.2 Å². The van der Waals surface area contributed by atoms with Crippen molar-refractivity contribution in [1.29, 1.82) is 0 Å². The van der Waals surface area contributed by atoms with Crippen molar-refractivity contribution in [1.82, 2.24) is 10.6 Å². The lowest BCUT2D eigenvalue weighted by Gasteiger charge is -2.02. The molecular weight excluding hydrogens is 152 g/mol. The van der Waals surface area contributed by atoms with Gasteiger partial charge in [-0.2, -0.15) is 0 Å². The molecule has 0 fully saturated rings. The molecule has 0 aliphatic heterocycles. The Kier molecular flexibility index (Phi) is 3.56. The molecule has 4 nitrogen and oxygen atoms in total. The van der Waals surface area contributed by atoms with Gasteiger partial charge in [0.15, 0.2) is 5.11 Å². The minimum absolute atomic E-state index is 0.0417. The van der Waals surface area contributed by atoms with E-state index in [1.807, 2.05) is 0 Å². The minimum Gasteiger partial charge on any atom is -0.303 e. The zero-order chi connectivity index (χ0) is 8.15. The van der Waals surface area contributed by atoms with Crippen LogP contribution < -0.4 is 10.6 Å². The summed E-state index contributed by atoms with van der Waals surface area (Å²) in [4.78, 5) is 20.6. The van der Waals surface area contributed by atoms with E-state index in [1.165, 1.54) is 13.8 Å². The Labute approximate surface area is 64.0 Å². The summed E-state index contributed by atoms with van der Waals surface area (Å²) < 4.78 is 0. The standard InChI is InChI=1S/C5H8N2O2S/c1-3(8)6-5(10)7-4(2)9/h1-2H3,(H2,6,7,8,9,10). The Morgan fingerprint density at radius 3 is 1.60 bits per heavy atom. The fourth-order valence-electron chi connectivity index (χ4n) is 0.351. The summed E-state index contributed by atoms with van der Waals surface area (Å²) >= 11 is 4.54. The third-order valence-electron chi connectivity index (χ3n) is 0.579. The van der Waals surface area contributed by atoms with E-state index < -0.39 is 0 Å². The summed E-state index contributed by atoms with van der Waals surface area (Å²) in [6.45, 7) is 2.63. The monoisotopic (exact) mass is 160 g/mol. The van der Waals surface area contributed by atoms with E-state index in [4.69, 9.17) is 0 Å². The predicted octanol–water partition coefficient (Wildman–Crippen LogP) is -0.457. The lowest BCUT2D eigenvalue weighted by molar-refractivity contribution is -0.117. The number of carbonyl (C=O) groups is 2. The number of carbonyl (C=O) groups excluding carboxylic acids is 2. The van der Waals surface area contributed by atoms with Gasteiger partial charge in [0, 0.05) is 13.8 Å². The van der Waals surface area contributed by atoms with Gasteiger partial charge in [0.1, 0.15) is 0 Å². The van der Waals surface area contributed by atoms with Gasteiger partial charge in [0.2, 0.25) is 11.8 Å². The van der Waals surface area contributed by atoms with Gasteiger partial charge in [-0.3, -0.25) is 9.59 Å². The van der Waals surface area contributed by atoms with Crippen LogP contribution in [-0.2, 0) is 9.59 Å². The van der Waals surface area contributed by atoms with E-state index in [-0.39, 0.29) is 16.9 Å². The van der Waals surface area contributed by atoms with E-state index in [0.29, 0.717) is 0 Å². The van der Waals surface area contributed by atoms with Crippen molar-refractivity contribution in [3.63, 3.8) is 0 Å². The molecule has 2 amide bonds. The van der Waals surface area contributed by atoms with Crippen LogP contribution in [0.2, 0.25) is 0 Å². The van der Waals surface area contributed by atoms with Crippen LogP contribution in [0.25, 0.3) is 0 Å². The lowest BCUT2D eigenvalue weighted by Crippen LogP contribution is -2.40. The highest BCUT2D eigenvalue weighted by Crippen LogP contribution is 1.67. The molecule has 0 heterocycles. The Morgan fingerprint density at radius 1 is 1.10 bits per heavy atom. The molecule has 0 aliphatic carbocycles. The van der Waals surface area contributed by atoms with Crippen molar-refractivity contribution in [3.05, 3.63) is 0 Å². The van der Waals surface area contributed by atoms with Gasteiger partial charge < -0.3 is 10.6 Å². The summed E-state index contributed by atoms with van der Waals surface area (Å²) in [5, 5.41) is 4.51. The van der Waals surface area contributed by atoms with Crippen LogP contribution in [0.3, 0.4) is 0 Å². The van der Waals surface area contributed by atoms with Crippen molar-refractivity contribution in [3.8, 4) is 0 Å². The molecule has 0 aromatic rings. The largest absolute Gasteiger partial charge is 0.303 e. The second-order valence-corrected chi connectivity index (χ2v) is 2.10. The van der Waals surface area contributed by atoms with Crippen molar-refractivity contribution in [2.75, 3.05) is 0 Å². The molecular formula is C5H8N2O2S. The van der Waals surface area contributed by atoms with Crippen LogP contribution in [-0.4, -0.2) is 16.9 Å². The Hall–Kier alpha value is -0.970. The third kappa shape index (κ3) is 5.17. The Bertz CT molecular complexity index is 160. The molecule has 0 unspecified atom stereocenters. The van der Waals surface area contributed by atoms with Gasteiger partial charge in [-0.25, -0.2) is 0 Å². The second-order valence-electron chi connectivity index (χ2n) is 1.69. The van der Waals surface area contributed by atoms with Crippen LogP contribution in [0.4, 0.5) is 0 Å². The fraction of sp³-hybridized carbons (Fsp3) is 0.400. The number of thiocarbonyl (C=S) groups is 1. The SMILES string of the molecule is CC(=O)NC(=S)NC(C)=O. The maximum atomic E-state index is 10.3. The van der Waals surface area contributed by atoms with Crippen molar-refractivity contribution in [2.45, 2.75) is 13.8 Å². The van der Waals surface area contributed by atoms with Gasteiger partial charge >= 0.3 is 0 Å². The van der Waals surface area contributed by atoms with Crippen molar-refractivity contribution < 1.29 is 9.59 Å². The number of nitrogens with one attached hydrogen (secondary N) is 2. The minimum atomic E-state index is -0.293. The molecule has 2 N–H and O–H groups in total. The Morgan fingerprint density at radius 2 is 1.40 bits per heavy atom. The van der Waals surface area contributed by atoms with Crippen LogP contribution >= 0.6 is 12.2 Å². The maximum absolute atomic E-state index is 10.3. The fourth-order valence-corrected chi connectivity index (χ4v) is 0.638. The molecule has 56 valence electrons. The molecule has 0 saturated carbocycles. The molecule has 0 spiro atoms. The van der Waals surface area contributed by atoms with Gasteiger partial charge in [0.05, 0.1) is 0 Å². The maximum Gasteiger partial charge on any atom is 0.222 e. The van der Waals surface area contributed by atoms with Crippen LogP contribution in [0.1, 0.15) is 13.8 Å². The summed E-state index contributed by atoms with van der Waals surface area (Å²) in [7, 11) is 0. The first-order valence-corrected chi connectivity index (χ1v) is 3.02. The smallest absolute Gasteiger partial charge is 0.222 e. The second kappa shape index (κ2) is 3.94. The van der Waals surface area contributed by atoms with Gasteiger partial charge in [-0.15, -0.1) is 0 Å². The van der Waals surface area contributed by atoms with Crippen molar-refractivity contribution >= 4 is 29.1 Å². The van der Waals surface area contributed by atoms with Gasteiger partial charge in [-0.1, -0.05) is 0 Å². The normalized spacial score (nSPS) is 8.20. The first kappa shape index (κ1) is 9.03. The van der Waals surface area contributed by atoms with E-state index in [1.54, 1.807) is 0 Å². The van der Waals surface area contributed by atoms with Gasteiger partial charge in [-0.05, 0) is 12.2 Å².